The predicted octanol–water partition coefficient (Wildman–Crippen LogP) is 4.13. The van der Waals surface area contributed by atoms with Crippen LogP contribution in [-0.4, -0.2) is 42.1 Å². The number of hydrogen-bond donors (Lipinski definition) is 2. The van der Waals surface area contributed by atoms with E-state index in [1.165, 1.54) is 5.56 Å². The fraction of sp³-hybridized carbons (Fsp3) is 0.522. The lowest BCUT2D eigenvalue weighted by Crippen LogP contribution is -2.40. The van der Waals surface area contributed by atoms with E-state index in [9.17, 15) is 22.4 Å². The summed E-state index contributed by atoms with van der Waals surface area (Å²) >= 11 is 0. The summed E-state index contributed by atoms with van der Waals surface area (Å²) < 4.78 is 53.9. The van der Waals surface area contributed by atoms with Crippen LogP contribution in [0.5, 0.6) is 0 Å². The Morgan fingerprint density at radius 3 is 2.30 bits per heavy atom. The first kappa shape index (κ1) is 23.3. The van der Waals surface area contributed by atoms with E-state index >= 15 is 0 Å². The Morgan fingerprint density at radius 2 is 1.61 bits per heavy atom. The second-order valence-corrected chi connectivity index (χ2v) is 8.91. The first-order valence-corrected chi connectivity index (χ1v) is 11.2. The number of aromatic nitrogens is 2. The number of fused-ring (bicyclic) bond motifs is 1. The zero-order valence-electron chi connectivity index (χ0n) is 18.7. The van der Waals surface area contributed by atoms with Crippen molar-refractivity contribution in [3.05, 3.63) is 46.2 Å². The highest BCUT2D eigenvalue weighted by Gasteiger charge is 2.28. The highest BCUT2D eigenvalue weighted by atomic mass is 19.2. The van der Waals surface area contributed by atoms with Gasteiger partial charge in [-0.2, -0.15) is 4.98 Å². The molecule has 0 atom stereocenters. The fourth-order valence-corrected chi connectivity index (χ4v) is 4.57. The molecule has 2 N–H and O–H groups in total. The summed E-state index contributed by atoms with van der Waals surface area (Å²) in [6.07, 6.45) is 6.76. The minimum atomic E-state index is -1.99. The van der Waals surface area contributed by atoms with Gasteiger partial charge in [0.2, 0.25) is 5.95 Å². The lowest BCUT2D eigenvalue weighted by Gasteiger charge is -2.30. The number of aryl methyl sites for hydroxylation is 1. The number of benzene rings is 1. The second-order valence-electron chi connectivity index (χ2n) is 8.91. The van der Waals surface area contributed by atoms with Gasteiger partial charge in [0.25, 0.3) is 5.91 Å². The SMILES string of the molecule is CN(C)c1nc(NC2CCC(NC(=O)c3cc(F)c(F)c(F)c3F)CC2)nc2c1CCCC2. The van der Waals surface area contributed by atoms with E-state index in [1.807, 2.05) is 19.0 Å². The van der Waals surface area contributed by atoms with Crippen LogP contribution >= 0.6 is 0 Å². The highest BCUT2D eigenvalue weighted by molar-refractivity contribution is 5.94. The summed E-state index contributed by atoms with van der Waals surface area (Å²) in [5.74, 6) is -6.66. The molecule has 0 saturated heterocycles. The van der Waals surface area contributed by atoms with Gasteiger partial charge in [-0.05, 0) is 57.4 Å². The summed E-state index contributed by atoms with van der Waals surface area (Å²) in [4.78, 5) is 23.8. The van der Waals surface area contributed by atoms with Gasteiger partial charge in [-0.1, -0.05) is 0 Å². The van der Waals surface area contributed by atoms with E-state index < -0.39 is 34.7 Å². The van der Waals surface area contributed by atoms with Crippen LogP contribution in [0.3, 0.4) is 0 Å². The van der Waals surface area contributed by atoms with Crippen molar-refractivity contribution < 1.29 is 22.4 Å². The molecule has 1 aromatic carbocycles. The first-order valence-electron chi connectivity index (χ1n) is 11.2. The Bertz CT molecular complexity index is 1050. The van der Waals surface area contributed by atoms with Gasteiger partial charge in [-0.15, -0.1) is 0 Å². The predicted molar refractivity (Wildman–Crippen MR) is 116 cm³/mol. The standard InChI is InChI=1S/C23H27F4N5O/c1-32(2)21-14-5-3-4-6-17(14)30-23(31-21)29-13-9-7-12(8-10-13)28-22(33)15-11-16(24)19(26)20(27)18(15)25/h11-13H,3-10H2,1-2H3,(H,28,33)(H,29,30,31). The fourth-order valence-electron chi connectivity index (χ4n) is 4.57. The summed E-state index contributed by atoms with van der Waals surface area (Å²) in [6, 6.07) is 0.201. The van der Waals surface area contributed by atoms with E-state index in [0.29, 0.717) is 37.7 Å². The quantitative estimate of drug-likeness (QED) is 0.395. The molecule has 4 rings (SSSR count). The number of rotatable bonds is 5. The van der Waals surface area contributed by atoms with Crippen LogP contribution in [0.25, 0.3) is 0 Å². The van der Waals surface area contributed by atoms with E-state index in [0.717, 1.165) is 37.2 Å². The number of amides is 1. The van der Waals surface area contributed by atoms with Crippen molar-refractivity contribution in [3.8, 4) is 0 Å². The maximum atomic E-state index is 13.9. The molecule has 1 fully saturated rings. The van der Waals surface area contributed by atoms with Crippen LogP contribution in [0, 0.1) is 23.3 Å². The molecule has 0 bridgehead atoms. The molecule has 178 valence electrons. The smallest absolute Gasteiger partial charge is 0.254 e. The van der Waals surface area contributed by atoms with Gasteiger partial charge in [-0.3, -0.25) is 4.79 Å². The number of anilines is 2. The third-order valence-electron chi connectivity index (χ3n) is 6.33. The Balaban J connectivity index is 1.37. The Hall–Kier alpha value is -2.91. The van der Waals surface area contributed by atoms with Crippen molar-refractivity contribution in [2.24, 2.45) is 0 Å². The molecule has 2 aromatic rings. The second kappa shape index (κ2) is 9.52. The lowest BCUT2D eigenvalue weighted by molar-refractivity contribution is 0.0920. The maximum absolute atomic E-state index is 13.9. The molecule has 33 heavy (non-hydrogen) atoms. The zero-order valence-corrected chi connectivity index (χ0v) is 18.7. The van der Waals surface area contributed by atoms with Crippen LogP contribution in [0.15, 0.2) is 6.07 Å². The largest absolute Gasteiger partial charge is 0.362 e. The van der Waals surface area contributed by atoms with Crippen LogP contribution in [-0.2, 0) is 12.8 Å². The maximum Gasteiger partial charge on any atom is 0.254 e. The van der Waals surface area contributed by atoms with Crippen LogP contribution in [0.2, 0.25) is 0 Å². The van der Waals surface area contributed by atoms with Gasteiger partial charge in [0.1, 0.15) is 5.82 Å². The van der Waals surface area contributed by atoms with Crippen molar-refractivity contribution in [2.75, 3.05) is 24.3 Å². The number of carbonyl (C=O) groups excluding carboxylic acids is 1. The molecule has 6 nitrogen and oxygen atoms in total. The minimum Gasteiger partial charge on any atom is -0.362 e. The Kier molecular flexibility index (Phi) is 6.71. The Morgan fingerprint density at radius 1 is 0.939 bits per heavy atom. The van der Waals surface area contributed by atoms with E-state index in [1.54, 1.807) is 0 Å². The van der Waals surface area contributed by atoms with E-state index in [2.05, 4.69) is 10.6 Å². The van der Waals surface area contributed by atoms with Crippen LogP contribution in [0.1, 0.15) is 60.1 Å². The summed E-state index contributed by atoms with van der Waals surface area (Å²) in [6.45, 7) is 0. The van der Waals surface area contributed by atoms with Gasteiger partial charge in [0.15, 0.2) is 23.3 Å². The molecule has 1 amide bonds. The highest BCUT2D eigenvalue weighted by Crippen LogP contribution is 2.29. The molecule has 1 aromatic heterocycles. The molecule has 0 aliphatic heterocycles. The van der Waals surface area contributed by atoms with Gasteiger partial charge >= 0.3 is 0 Å². The number of nitrogens with zero attached hydrogens (tertiary/aromatic N) is 3. The zero-order chi connectivity index (χ0) is 23.7. The topological polar surface area (TPSA) is 70.2 Å². The first-order chi connectivity index (χ1) is 15.7. The van der Waals surface area contributed by atoms with Crippen LogP contribution < -0.4 is 15.5 Å². The summed E-state index contributed by atoms with van der Waals surface area (Å²) in [5, 5.41) is 6.00. The molecule has 0 radical (unpaired) electrons. The molecule has 10 heteroatoms. The molecule has 2 aliphatic rings. The molecule has 1 heterocycles. The Labute approximate surface area is 189 Å². The third-order valence-corrected chi connectivity index (χ3v) is 6.33. The van der Waals surface area contributed by atoms with Crippen molar-refractivity contribution in [3.63, 3.8) is 0 Å². The molecule has 1 saturated carbocycles. The molecule has 0 unspecified atom stereocenters. The average Bonchev–Trinajstić information content (AvgIpc) is 2.80. The normalized spacial score (nSPS) is 20.2. The third kappa shape index (κ3) is 4.89. The lowest BCUT2D eigenvalue weighted by atomic mass is 9.91. The number of carbonyl (C=O) groups is 1. The van der Waals surface area contributed by atoms with Gasteiger partial charge in [0.05, 0.1) is 11.3 Å². The van der Waals surface area contributed by atoms with Crippen molar-refractivity contribution in [2.45, 2.75) is 63.5 Å². The molecular weight excluding hydrogens is 438 g/mol. The minimum absolute atomic E-state index is 0.104. The van der Waals surface area contributed by atoms with Gasteiger partial charge < -0.3 is 15.5 Å². The van der Waals surface area contributed by atoms with E-state index in [-0.39, 0.29) is 12.1 Å². The number of halogens is 4. The molecule has 2 aliphatic carbocycles. The number of nitrogens with one attached hydrogen (secondary N) is 2. The summed E-state index contributed by atoms with van der Waals surface area (Å²) in [7, 11) is 3.94. The van der Waals surface area contributed by atoms with Crippen molar-refractivity contribution in [1.29, 1.82) is 0 Å². The molecule has 0 spiro atoms. The monoisotopic (exact) mass is 465 g/mol. The van der Waals surface area contributed by atoms with Crippen molar-refractivity contribution >= 4 is 17.7 Å². The summed E-state index contributed by atoms with van der Waals surface area (Å²) in [5.41, 5.74) is 1.46. The average molecular weight is 465 g/mol. The van der Waals surface area contributed by atoms with E-state index in [4.69, 9.17) is 9.97 Å². The van der Waals surface area contributed by atoms with Crippen LogP contribution in [0.4, 0.5) is 29.3 Å². The molecular formula is C23H27F4N5O. The van der Waals surface area contributed by atoms with Gasteiger partial charge in [0, 0.05) is 31.7 Å². The number of hydrogen-bond acceptors (Lipinski definition) is 5. The van der Waals surface area contributed by atoms with Gasteiger partial charge in [-0.25, -0.2) is 22.5 Å². The van der Waals surface area contributed by atoms with Crippen molar-refractivity contribution in [1.82, 2.24) is 15.3 Å².